The van der Waals surface area contributed by atoms with Crippen molar-refractivity contribution in [3.63, 3.8) is 0 Å². The third kappa shape index (κ3) is 3.47. The van der Waals surface area contributed by atoms with Crippen molar-refractivity contribution in [2.75, 3.05) is 5.32 Å². The summed E-state index contributed by atoms with van der Waals surface area (Å²) in [6.45, 7) is 1.88. The number of rotatable bonds is 2. The second-order valence-electron chi connectivity index (χ2n) is 4.16. The molecule has 104 valence electrons. The standard InChI is InChI=1S/C14H9BrCl3NO/c1-7-4-10(15)13(6-12(7)18)19-14(20)9-5-8(16)2-3-11(9)17/h2-6H,1H3,(H,19,20). The number of carbonyl (C=O) groups excluding carboxylic acids is 1. The number of nitrogens with one attached hydrogen (secondary N) is 1. The van der Waals surface area contributed by atoms with Gasteiger partial charge in [0.15, 0.2) is 0 Å². The SMILES string of the molecule is Cc1cc(Br)c(NC(=O)c2cc(Cl)ccc2Cl)cc1Cl. The van der Waals surface area contributed by atoms with E-state index in [0.29, 0.717) is 26.3 Å². The van der Waals surface area contributed by atoms with Crippen LogP contribution in [-0.4, -0.2) is 5.91 Å². The van der Waals surface area contributed by atoms with E-state index in [-0.39, 0.29) is 5.91 Å². The number of halogens is 4. The van der Waals surface area contributed by atoms with Crippen LogP contribution in [0.15, 0.2) is 34.8 Å². The Labute approximate surface area is 140 Å². The summed E-state index contributed by atoms with van der Waals surface area (Å²) >= 11 is 21.3. The zero-order valence-corrected chi connectivity index (χ0v) is 14.2. The lowest BCUT2D eigenvalue weighted by molar-refractivity contribution is 0.102. The van der Waals surface area contributed by atoms with Crippen LogP contribution in [0.2, 0.25) is 15.1 Å². The van der Waals surface area contributed by atoms with Crippen molar-refractivity contribution in [3.05, 3.63) is 61.0 Å². The van der Waals surface area contributed by atoms with E-state index in [9.17, 15) is 4.79 Å². The summed E-state index contributed by atoms with van der Waals surface area (Å²) < 4.78 is 0.742. The van der Waals surface area contributed by atoms with Crippen molar-refractivity contribution in [3.8, 4) is 0 Å². The van der Waals surface area contributed by atoms with Crippen LogP contribution in [0, 0.1) is 6.92 Å². The van der Waals surface area contributed by atoms with E-state index in [4.69, 9.17) is 34.8 Å². The average molecular weight is 393 g/mol. The maximum absolute atomic E-state index is 12.2. The lowest BCUT2D eigenvalue weighted by atomic mass is 10.2. The molecule has 0 unspecified atom stereocenters. The van der Waals surface area contributed by atoms with Crippen LogP contribution < -0.4 is 5.32 Å². The summed E-state index contributed by atoms with van der Waals surface area (Å²) in [5.41, 5.74) is 1.79. The van der Waals surface area contributed by atoms with Gasteiger partial charge in [-0.15, -0.1) is 0 Å². The smallest absolute Gasteiger partial charge is 0.257 e. The van der Waals surface area contributed by atoms with Crippen LogP contribution in [0.1, 0.15) is 15.9 Å². The van der Waals surface area contributed by atoms with E-state index in [1.165, 1.54) is 6.07 Å². The van der Waals surface area contributed by atoms with Crippen molar-refractivity contribution >= 4 is 62.3 Å². The summed E-state index contributed by atoms with van der Waals surface area (Å²) in [7, 11) is 0. The van der Waals surface area contributed by atoms with Crippen LogP contribution in [0.3, 0.4) is 0 Å². The summed E-state index contributed by atoms with van der Waals surface area (Å²) in [5.74, 6) is -0.349. The molecule has 2 aromatic rings. The molecular formula is C14H9BrCl3NO. The van der Waals surface area contributed by atoms with Gasteiger partial charge < -0.3 is 5.32 Å². The van der Waals surface area contributed by atoms with Crippen molar-refractivity contribution in [1.29, 1.82) is 0 Å². The Morgan fingerprint density at radius 1 is 1.10 bits per heavy atom. The van der Waals surface area contributed by atoms with Gasteiger partial charge in [-0.25, -0.2) is 0 Å². The normalized spacial score (nSPS) is 10.4. The van der Waals surface area contributed by atoms with Gasteiger partial charge in [0.2, 0.25) is 0 Å². The topological polar surface area (TPSA) is 29.1 Å². The number of hydrogen-bond donors (Lipinski definition) is 1. The molecule has 1 amide bonds. The van der Waals surface area contributed by atoms with Crippen LogP contribution in [-0.2, 0) is 0 Å². The predicted octanol–water partition coefficient (Wildman–Crippen LogP) is 5.97. The second-order valence-corrected chi connectivity index (χ2v) is 6.26. The van der Waals surface area contributed by atoms with E-state index in [1.54, 1.807) is 18.2 Å². The molecule has 0 bridgehead atoms. The fourth-order valence-electron chi connectivity index (χ4n) is 1.60. The molecule has 2 aromatic carbocycles. The molecule has 0 spiro atoms. The Kier molecular flexibility index (Phi) is 4.97. The Balaban J connectivity index is 2.32. The van der Waals surface area contributed by atoms with Gasteiger partial charge in [-0.05, 0) is 58.7 Å². The van der Waals surface area contributed by atoms with Crippen LogP contribution in [0.4, 0.5) is 5.69 Å². The molecule has 2 rings (SSSR count). The molecule has 0 aliphatic carbocycles. The monoisotopic (exact) mass is 391 g/mol. The minimum absolute atomic E-state index is 0.308. The molecule has 0 radical (unpaired) electrons. The first kappa shape index (κ1) is 15.6. The molecule has 6 heteroatoms. The van der Waals surface area contributed by atoms with Crippen LogP contribution in [0.5, 0.6) is 0 Å². The molecule has 0 atom stereocenters. The van der Waals surface area contributed by atoms with Gasteiger partial charge in [-0.3, -0.25) is 4.79 Å². The number of amides is 1. The van der Waals surface area contributed by atoms with Gasteiger partial charge in [0.1, 0.15) is 0 Å². The molecule has 0 aliphatic heterocycles. The largest absolute Gasteiger partial charge is 0.321 e. The van der Waals surface area contributed by atoms with Crippen molar-refractivity contribution in [2.45, 2.75) is 6.92 Å². The molecule has 0 heterocycles. The maximum Gasteiger partial charge on any atom is 0.257 e. The Morgan fingerprint density at radius 2 is 1.80 bits per heavy atom. The van der Waals surface area contributed by atoms with Gasteiger partial charge in [0.25, 0.3) is 5.91 Å². The van der Waals surface area contributed by atoms with E-state index in [0.717, 1.165) is 10.0 Å². The summed E-state index contributed by atoms with van der Waals surface area (Å²) in [6, 6.07) is 8.23. The number of carbonyl (C=O) groups is 1. The lowest BCUT2D eigenvalue weighted by Crippen LogP contribution is -2.13. The number of aryl methyl sites for hydroxylation is 1. The molecule has 0 fully saturated rings. The first-order valence-corrected chi connectivity index (χ1v) is 7.53. The minimum Gasteiger partial charge on any atom is -0.321 e. The van der Waals surface area contributed by atoms with E-state index >= 15 is 0 Å². The van der Waals surface area contributed by atoms with Gasteiger partial charge >= 0.3 is 0 Å². The second kappa shape index (κ2) is 6.35. The highest BCUT2D eigenvalue weighted by atomic mass is 79.9. The lowest BCUT2D eigenvalue weighted by Gasteiger charge is -2.10. The Morgan fingerprint density at radius 3 is 2.50 bits per heavy atom. The van der Waals surface area contributed by atoms with E-state index in [2.05, 4.69) is 21.2 Å². The van der Waals surface area contributed by atoms with Gasteiger partial charge in [0.05, 0.1) is 16.3 Å². The highest BCUT2D eigenvalue weighted by molar-refractivity contribution is 9.10. The molecule has 0 aliphatic rings. The Hall–Kier alpha value is -0.740. The number of anilines is 1. The summed E-state index contributed by atoms with van der Waals surface area (Å²) in [6.07, 6.45) is 0. The molecule has 0 aromatic heterocycles. The third-order valence-corrected chi connectivity index (χ3v) is 4.30. The molecule has 1 N–H and O–H groups in total. The zero-order valence-electron chi connectivity index (χ0n) is 10.3. The molecule has 20 heavy (non-hydrogen) atoms. The zero-order chi connectivity index (χ0) is 14.9. The van der Waals surface area contributed by atoms with Crippen LogP contribution in [0.25, 0.3) is 0 Å². The highest BCUT2D eigenvalue weighted by Gasteiger charge is 2.13. The third-order valence-electron chi connectivity index (χ3n) is 2.67. The molecule has 2 nitrogen and oxygen atoms in total. The van der Waals surface area contributed by atoms with Gasteiger partial charge in [-0.2, -0.15) is 0 Å². The fraction of sp³-hybridized carbons (Fsp3) is 0.0714. The predicted molar refractivity (Wildman–Crippen MR) is 88.3 cm³/mol. The number of hydrogen-bond acceptors (Lipinski definition) is 1. The highest BCUT2D eigenvalue weighted by Crippen LogP contribution is 2.30. The van der Waals surface area contributed by atoms with Crippen molar-refractivity contribution in [1.82, 2.24) is 0 Å². The average Bonchev–Trinajstić information content (AvgIpc) is 2.38. The van der Waals surface area contributed by atoms with Crippen molar-refractivity contribution < 1.29 is 4.79 Å². The number of benzene rings is 2. The van der Waals surface area contributed by atoms with Gasteiger partial charge in [-0.1, -0.05) is 34.8 Å². The first-order valence-electron chi connectivity index (χ1n) is 5.60. The van der Waals surface area contributed by atoms with Crippen molar-refractivity contribution in [2.24, 2.45) is 0 Å². The maximum atomic E-state index is 12.2. The van der Waals surface area contributed by atoms with E-state index in [1.807, 2.05) is 13.0 Å². The minimum atomic E-state index is -0.349. The van der Waals surface area contributed by atoms with Crippen LogP contribution >= 0.6 is 50.7 Å². The van der Waals surface area contributed by atoms with E-state index < -0.39 is 0 Å². The summed E-state index contributed by atoms with van der Waals surface area (Å²) in [5, 5.41) is 4.10. The van der Waals surface area contributed by atoms with Gasteiger partial charge in [0, 0.05) is 14.5 Å². The quantitative estimate of drug-likeness (QED) is 0.669. The fourth-order valence-corrected chi connectivity index (χ4v) is 2.70. The summed E-state index contributed by atoms with van der Waals surface area (Å²) in [4.78, 5) is 12.2. The Bertz CT molecular complexity index is 688. The molecular weight excluding hydrogens is 384 g/mol. The molecule has 0 saturated carbocycles. The first-order chi connectivity index (χ1) is 9.38. The molecule has 0 saturated heterocycles.